The fraction of sp³-hybridized carbons (Fsp3) is 0.261. The van der Waals surface area contributed by atoms with Crippen molar-refractivity contribution in [2.24, 2.45) is 0 Å². The second kappa shape index (κ2) is 8.49. The molecule has 2 N–H and O–H groups in total. The van der Waals surface area contributed by atoms with E-state index in [0.29, 0.717) is 5.56 Å². The number of ether oxygens (including phenoxy) is 1. The number of aryl methyl sites for hydroxylation is 1. The number of aromatic nitrogens is 1. The molecule has 0 unspecified atom stereocenters. The Morgan fingerprint density at radius 1 is 1.03 bits per heavy atom. The summed E-state index contributed by atoms with van der Waals surface area (Å²) in [6.45, 7) is 1.48. The zero-order valence-corrected chi connectivity index (χ0v) is 16.6. The number of hydrazine groups is 1. The Morgan fingerprint density at radius 2 is 1.77 bits per heavy atom. The molecule has 154 valence electrons. The third-order valence-corrected chi connectivity index (χ3v) is 5.21. The molecule has 4 rings (SSSR count). The molecule has 1 aromatic heterocycles. The van der Waals surface area contributed by atoms with Crippen LogP contribution in [0.3, 0.4) is 0 Å². The van der Waals surface area contributed by atoms with Gasteiger partial charge in [0.2, 0.25) is 0 Å². The van der Waals surface area contributed by atoms with Crippen molar-refractivity contribution in [3.05, 3.63) is 71.2 Å². The van der Waals surface area contributed by atoms with Crippen LogP contribution in [-0.4, -0.2) is 22.9 Å². The second-order valence-electron chi connectivity index (χ2n) is 7.27. The maximum absolute atomic E-state index is 13.7. The third kappa shape index (κ3) is 3.96. The van der Waals surface area contributed by atoms with Crippen molar-refractivity contribution in [1.29, 1.82) is 0 Å². The van der Waals surface area contributed by atoms with E-state index in [9.17, 15) is 14.0 Å². The Hall–Kier alpha value is -3.48. The summed E-state index contributed by atoms with van der Waals surface area (Å²) in [6.07, 6.45) is 2.65. The number of amides is 2. The van der Waals surface area contributed by atoms with E-state index in [-0.39, 0.29) is 5.75 Å². The Morgan fingerprint density at radius 3 is 2.60 bits per heavy atom. The van der Waals surface area contributed by atoms with E-state index in [2.05, 4.69) is 10.9 Å². The first-order chi connectivity index (χ1) is 14.5. The molecule has 6 nitrogen and oxygen atoms in total. The molecule has 0 aliphatic heterocycles. The molecule has 0 saturated heterocycles. The van der Waals surface area contributed by atoms with Gasteiger partial charge in [-0.1, -0.05) is 30.3 Å². The van der Waals surface area contributed by atoms with Crippen molar-refractivity contribution >= 4 is 22.7 Å². The molecule has 2 amide bonds. The van der Waals surface area contributed by atoms with Crippen LogP contribution in [-0.2, 0) is 17.6 Å². The lowest BCUT2D eigenvalue weighted by Gasteiger charge is -2.21. The SMILES string of the molecule is C[C@@H](Oc1ccccc1F)C(=O)NNC(=O)c1c2c(nc3ccccc13)CCCC2. The van der Waals surface area contributed by atoms with Crippen LogP contribution in [0, 0.1) is 5.82 Å². The first-order valence-electron chi connectivity index (χ1n) is 9.96. The minimum Gasteiger partial charge on any atom is -0.478 e. The molecule has 2 aromatic carbocycles. The highest BCUT2D eigenvalue weighted by atomic mass is 19.1. The largest absolute Gasteiger partial charge is 0.478 e. The van der Waals surface area contributed by atoms with Gasteiger partial charge in [-0.05, 0) is 56.4 Å². The van der Waals surface area contributed by atoms with Gasteiger partial charge in [0.25, 0.3) is 11.8 Å². The molecule has 3 aromatic rings. The van der Waals surface area contributed by atoms with Crippen LogP contribution in [0.5, 0.6) is 5.75 Å². The number of rotatable bonds is 4. The zero-order valence-electron chi connectivity index (χ0n) is 16.6. The number of para-hydroxylation sites is 2. The van der Waals surface area contributed by atoms with Gasteiger partial charge in [0.15, 0.2) is 17.7 Å². The topological polar surface area (TPSA) is 80.3 Å². The number of pyridine rings is 1. The predicted molar refractivity (Wildman–Crippen MR) is 110 cm³/mol. The Bertz CT molecular complexity index is 1120. The van der Waals surface area contributed by atoms with Gasteiger partial charge in [-0.25, -0.2) is 4.39 Å². The maximum atomic E-state index is 13.7. The van der Waals surface area contributed by atoms with Crippen molar-refractivity contribution in [1.82, 2.24) is 15.8 Å². The smallest absolute Gasteiger partial charge is 0.279 e. The summed E-state index contributed by atoms with van der Waals surface area (Å²) < 4.78 is 19.1. The number of carbonyl (C=O) groups is 2. The summed E-state index contributed by atoms with van der Waals surface area (Å²) in [6, 6.07) is 13.3. The van der Waals surface area contributed by atoms with Crippen molar-refractivity contribution in [3.63, 3.8) is 0 Å². The molecule has 0 fully saturated rings. The minimum atomic E-state index is -0.995. The summed E-state index contributed by atoms with van der Waals surface area (Å²) in [5.41, 5.74) is 8.03. The average Bonchev–Trinajstić information content (AvgIpc) is 2.77. The van der Waals surface area contributed by atoms with E-state index in [1.165, 1.54) is 25.1 Å². The third-order valence-electron chi connectivity index (χ3n) is 5.21. The van der Waals surface area contributed by atoms with Crippen molar-refractivity contribution < 1.29 is 18.7 Å². The Labute approximate surface area is 173 Å². The quantitative estimate of drug-likeness (QED) is 0.649. The molecule has 1 heterocycles. The predicted octanol–water partition coefficient (Wildman–Crippen LogP) is 3.48. The first kappa shape index (κ1) is 19.8. The molecular formula is C23H22FN3O3. The van der Waals surface area contributed by atoms with Gasteiger partial charge in [0, 0.05) is 11.1 Å². The highest BCUT2D eigenvalue weighted by molar-refractivity contribution is 6.08. The van der Waals surface area contributed by atoms with Gasteiger partial charge in [-0.3, -0.25) is 25.4 Å². The first-order valence-corrected chi connectivity index (χ1v) is 9.96. The highest BCUT2D eigenvalue weighted by Crippen LogP contribution is 2.29. The van der Waals surface area contributed by atoms with Crippen LogP contribution >= 0.6 is 0 Å². The number of hydrogen-bond donors (Lipinski definition) is 2. The van der Waals surface area contributed by atoms with Crippen molar-refractivity contribution in [3.8, 4) is 5.75 Å². The average molecular weight is 407 g/mol. The van der Waals surface area contributed by atoms with Crippen LogP contribution in [0.2, 0.25) is 0 Å². The zero-order chi connectivity index (χ0) is 21.1. The number of benzene rings is 2. The van der Waals surface area contributed by atoms with Gasteiger partial charge in [-0.2, -0.15) is 0 Å². The molecular weight excluding hydrogens is 385 g/mol. The van der Waals surface area contributed by atoms with Crippen LogP contribution < -0.4 is 15.6 Å². The van der Waals surface area contributed by atoms with Gasteiger partial charge < -0.3 is 4.74 Å². The minimum absolute atomic E-state index is 0.0272. The van der Waals surface area contributed by atoms with Gasteiger partial charge in [0.05, 0.1) is 11.1 Å². The highest BCUT2D eigenvalue weighted by Gasteiger charge is 2.24. The molecule has 1 atom stereocenters. The summed E-state index contributed by atoms with van der Waals surface area (Å²) in [7, 11) is 0. The Kier molecular flexibility index (Phi) is 5.61. The maximum Gasteiger partial charge on any atom is 0.279 e. The second-order valence-corrected chi connectivity index (χ2v) is 7.27. The number of nitrogens with one attached hydrogen (secondary N) is 2. The molecule has 1 aliphatic rings. The van der Waals surface area contributed by atoms with Crippen LogP contribution in [0.1, 0.15) is 41.4 Å². The summed E-state index contributed by atoms with van der Waals surface area (Å²) in [5.74, 6) is -1.58. The fourth-order valence-corrected chi connectivity index (χ4v) is 3.70. The molecule has 0 bridgehead atoms. The number of fused-ring (bicyclic) bond motifs is 2. The number of halogens is 1. The van der Waals surface area contributed by atoms with Crippen molar-refractivity contribution in [2.75, 3.05) is 0 Å². The summed E-state index contributed by atoms with van der Waals surface area (Å²) >= 11 is 0. The van der Waals surface area contributed by atoms with Gasteiger partial charge in [0.1, 0.15) is 0 Å². The normalized spacial score (nSPS) is 13.9. The van der Waals surface area contributed by atoms with E-state index in [1.54, 1.807) is 6.07 Å². The lowest BCUT2D eigenvalue weighted by Crippen LogP contribution is -2.47. The molecule has 7 heteroatoms. The van der Waals surface area contributed by atoms with Crippen LogP contribution in [0.15, 0.2) is 48.5 Å². The number of carbonyl (C=O) groups excluding carboxylic acids is 2. The van der Waals surface area contributed by atoms with Gasteiger partial charge in [-0.15, -0.1) is 0 Å². The van der Waals surface area contributed by atoms with Gasteiger partial charge >= 0.3 is 0 Å². The van der Waals surface area contributed by atoms with Crippen LogP contribution in [0.4, 0.5) is 4.39 Å². The molecule has 1 aliphatic carbocycles. The standard InChI is InChI=1S/C23H22FN3O3/c1-14(30-20-13-7-4-10-17(20)24)22(28)26-27-23(29)21-15-8-2-5-11-18(15)25-19-12-6-3-9-16(19)21/h2,4-5,7-8,10-11,13-14H,3,6,9,12H2,1H3,(H,26,28)(H,27,29)/t14-/m1/s1. The van der Waals surface area contributed by atoms with E-state index in [0.717, 1.165) is 47.8 Å². The van der Waals surface area contributed by atoms with E-state index < -0.39 is 23.7 Å². The fourth-order valence-electron chi connectivity index (χ4n) is 3.70. The van der Waals surface area contributed by atoms with Crippen molar-refractivity contribution in [2.45, 2.75) is 38.7 Å². The summed E-state index contributed by atoms with van der Waals surface area (Å²) in [4.78, 5) is 30.1. The molecule has 0 saturated carbocycles. The molecule has 0 radical (unpaired) electrons. The summed E-state index contributed by atoms with van der Waals surface area (Å²) in [5, 5.41) is 0.751. The Balaban J connectivity index is 1.51. The molecule has 0 spiro atoms. The monoisotopic (exact) mass is 407 g/mol. The lowest BCUT2D eigenvalue weighted by molar-refractivity contribution is -0.128. The number of nitrogens with zero attached hydrogens (tertiary/aromatic N) is 1. The van der Waals surface area contributed by atoms with E-state index >= 15 is 0 Å². The number of hydrogen-bond acceptors (Lipinski definition) is 4. The molecule has 30 heavy (non-hydrogen) atoms. The van der Waals surface area contributed by atoms with E-state index in [1.807, 2.05) is 24.3 Å². The lowest BCUT2D eigenvalue weighted by atomic mass is 9.89. The van der Waals surface area contributed by atoms with Crippen LogP contribution in [0.25, 0.3) is 10.9 Å². The van der Waals surface area contributed by atoms with E-state index in [4.69, 9.17) is 9.72 Å².